The number of hydrogen-bond acceptors (Lipinski definition) is 1. The molecule has 1 aromatic rings. The van der Waals surface area contributed by atoms with E-state index in [1.807, 2.05) is 7.05 Å². The van der Waals surface area contributed by atoms with Gasteiger partial charge >= 0.3 is 0 Å². The third-order valence-electron chi connectivity index (χ3n) is 3.43. The molecule has 1 fully saturated rings. The highest BCUT2D eigenvalue weighted by atomic mass is 127. The molecule has 2 unspecified atom stereocenters. The van der Waals surface area contributed by atoms with Crippen LogP contribution in [0.2, 0.25) is 0 Å². The first-order valence-electron chi connectivity index (χ1n) is 6.80. The maximum absolute atomic E-state index is 4.24. The number of nitrogens with zero attached hydrogens (tertiary/aromatic N) is 1. The van der Waals surface area contributed by atoms with Crippen LogP contribution in [0.25, 0.3) is 0 Å². The van der Waals surface area contributed by atoms with E-state index in [1.54, 1.807) is 0 Å². The van der Waals surface area contributed by atoms with Crippen molar-refractivity contribution < 1.29 is 0 Å². The van der Waals surface area contributed by atoms with Crippen molar-refractivity contribution in [3.63, 3.8) is 0 Å². The Morgan fingerprint density at radius 1 is 1.32 bits per heavy atom. The van der Waals surface area contributed by atoms with E-state index in [0.29, 0.717) is 6.04 Å². The Hall–Kier alpha value is -0.780. The van der Waals surface area contributed by atoms with Crippen molar-refractivity contribution in [3.05, 3.63) is 35.9 Å². The molecule has 0 radical (unpaired) electrons. The molecule has 1 saturated carbocycles. The summed E-state index contributed by atoms with van der Waals surface area (Å²) >= 11 is 0. The fourth-order valence-electron chi connectivity index (χ4n) is 2.04. The Labute approximate surface area is 133 Å². The summed E-state index contributed by atoms with van der Waals surface area (Å²) < 4.78 is 0. The summed E-state index contributed by atoms with van der Waals surface area (Å²) in [6.07, 6.45) is 3.51. The third kappa shape index (κ3) is 5.80. The zero-order valence-corrected chi connectivity index (χ0v) is 14.1. The zero-order valence-electron chi connectivity index (χ0n) is 11.7. The number of nitrogens with one attached hydrogen (secondary N) is 2. The number of rotatable bonds is 5. The van der Waals surface area contributed by atoms with Gasteiger partial charge in [0.25, 0.3) is 0 Å². The monoisotopic (exact) mass is 373 g/mol. The van der Waals surface area contributed by atoms with Crippen molar-refractivity contribution in [1.29, 1.82) is 0 Å². The van der Waals surface area contributed by atoms with Crippen LogP contribution in [0.4, 0.5) is 0 Å². The standard InChI is InChI=1S/C15H23N3.HI/c1-12-11-14(12)18-15(16-2)17-10-6-9-13-7-4-3-5-8-13;/h3-5,7-8,12,14H,6,9-11H2,1-2H3,(H2,16,17,18);1H. The molecule has 2 N–H and O–H groups in total. The van der Waals surface area contributed by atoms with E-state index in [9.17, 15) is 0 Å². The smallest absolute Gasteiger partial charge is 0.191 e. The van der Waals surface area contributed by atoms with Gasteiger partial charge in [0.05, 0.1) is 0 Å². The van der Waals surface area contributed by atoms with Crippen molar-refractivity contribution in [2.45, 2.75) is 32.2 Å². The largest absolute Gasteiger partial charge is 0.356 e. The lowest BCUT2D eigenvalue weighted by Gasteiger charge is -2.11. The second-order valence-corrected chi connectivity index (χ2v) is 5.05. The number of aliphatic imine (C=N–C) groups is 1. The molecule has 1 aliphatic carbocycles. The van der Waals surface area contributed by atoms with E-state index >= 15 is 0 Å². The van der Waals surface area contributed by atoms with Gasteiger partial charge in [-0.25, -0.2) is 0 Å². The first-order chi connectivity index (χ1) is 8.79. The Kier molecular flexibility index (Phi) is 7.20. The third-order valence-corrected chi connectivity index (χ3v) is 3.43. The van der Waals surface area contributed by atoms with Gasteiger partial charge in [-0.15, -0.1) is 24.0 Å². The van der Waals surface area contributed by atoms with Crippen LogP contribution in [0.15, 0.2) is 35.3 Å². The predicted molar refractivity (Wildman–Crippen MR) is 92.2 cm³/mol. The molecule has 1 aliphatic rings. The van der Waals surface area contributed by atoms with Gasteiger partial charge in [-0.1, -0.05) is 37.3 Å². The average molecular weight is 373 g/mol. The van der Waals surface area contributed by atoms with Crippen molar-refractivity contribution >= 4 is 29.9 Å². The average Bonchev–Trinajstić information content (AvgIpc) is 3.10. The fraction of sp³-hybridized carbons (Fsp3) is 0.533. The van der Waals surface area contributed by atoms with E-state index < -0.39 is 0 Å². The quantitative estimate of drug-likeness (QED) is 0.361. The van der Waals surface area contributed by atoms with Crippen LogP contribution in [0.3, 0.4) is 0 Å². The lowest BCUT2D eigenvalue weighted by atomic mass is 10.1. The first-order valence-corrected chi connectivity index (χ1v) is 6.80. The summed E-state index contributed by atoms with van der Waals surface area (Å²) in [4.78, 5) is 4.24. The Bertz CT molecular complexity index is 392. The van der Waals surface area contributed by atoms with Gasteiger partial charge in [0.15, 0.2) is 5.96 Å². The number of aryl methyl sites for hydroxylation is 1. The molecule has 1 aromatic carbocycles. The molecule has 0 heterocycles. The summed E-state index contributed by atoms with van der Waals surface area (Å²) in [5, 5.41) is 6.80. The molecule has 0 amide bonds. The lowest BCUT2D eigenvalue weighted by molar-refractivity contribution is 0.726. The molecular formula is C15H24IN3. The van der Waals surface area contributed by atoms with Gasteiger partial charge in [-0.2, -0.15) is 0 Å². The van der Waals surface area contributed by atoms with E-state index in [2.05, 4.69) is 52.9 Å². The SMILES string of the molecule is CN=C(NCCCc1ccccc1)NC1CC1C.I. The molecule has 2 atom stereocenters. The number of benzene rings is 1. The molecule has 0 saturated heterocycles. The van der Waals surface area contributed by atoms with Gasteiger partial charge in [0.2, 0.25) is 0 Å². The minimum absolute atomic E-state index is 0. The van der Waals surface area contributed by atoms with Crippen LogP contribution >= 0.6 is 24.0 Å². The summed E-state index contributed by atoms with van der Waals surface area (Å²) in [6, 6.07) is 11.2. The van der Waals surface area contributed by atoms with Crippen LogP contribution in [0.5, 0.6) is 0 Å². The minimum atomic E-state index is 0. The molecule has 4 heteroatoms. The summed E-state index contributed by atoms with van der Waals surface area (Å²) in [5.74, 6) is 1.74. The van der Waals surface area contributed by atoms with Gasteiger partial charge in [0, 0.05) is 19.6 Å². The molecule has 0 spiro atoms. The summed E-state index contributed by atoms with van der Waals surface area (Å²) in [7, 11) is 1.83. The molecule has 19 heavy (non-hydrogen) atoms. The topological polar surface area (TPSA) is 36.4 Å². The Balaban J connectivity index is 0.00000180. The molecule has 2 rings (SSSR count). The van der Waals surface area contributed by atoms with Crippen molar-refractivity contribution in [2.24, 2.45) is 10.9 Å². The van der Waals surface area contributed by atoms with E-state index in [0.717, 1.165) is 31.3 Å². The van der Waals surface area contributed by atoms with Crippen LogP contribution < -0.4 is 10.6 Å². The number of guanidine groups is 1. The predicted octanol–water partition coefficient (Wildman–Crippen LogP) is 2.81. The zero-order chi connectivity index (χ0) is 12.8. The van der Waals surface area contributed by atoms with Crippen molar-refractivity contribution in [2.75, 3.05) is 13.6 Å². The van der Waals surface area contributed by atoms with E-state index in [-0.39, 0.29) is 24.0 Å². The van der Waals surface area contributed by atoms with E-state index in [1.165, 1.54) is 12.0 Å². The molecule has 3 nitrogen and oxygen atoms in total. The molecule has 0 aromatic heterocycles. The maximum atomic E-state index is 4.24. The van der Waals surface area contributed by atoms with Crippen LogP contribution in [0, 0.1) is 5.92 Å². The second kappa shape index (κ2) is 8.40. The molecule has 0 bridgehead atoms. The highest BCUT2D eigenvalue weighted by Crippen LogP contribution is 2.28. The molecular weight excluding hydrogens is 349 g/mol. The molecule has 106 valence electrons. The maximum Gasteiger partial charge on any atom is 0.191 e. The fourth-order valence-corrected chi connectivity index (χ4v) is 2.04. The van der Waals surface area contributed by atoms with Crippen LogP contribution in [0.1, 0.15) is 25.3 Å². The lowest BCUT2D eigenvalue weighted by Crippen LogP contribution is -2.39. The number of hydrogen-bond donors (Lipinski definition) is 2. The van der Waals surface area contributed by atoms with Crippen molar-refractivity contribution in [1.82, 2.24) is 10.6 Å². The first kappa shape index (κ1) is 16.3. The van der Waals surface area contributed by atoms with E-state index in [4.69, 9.17) is 0 Å². The van der Waals surface area contributed by atoms with Crippen LogP contribution in [-0.2, 0) is 6.42 Å². The summed E-state index contributed by atoms with van der Waals surface area (Å²) in [5.41, 5.74) is 1.40. The van der Waals surface area contributed by atoms with Gasteiger partial charge in [0.1, 0.15) is 0 Å². The van der Waals surface area contributed by atoms with Crippen LogP contribution in [-0.4, -0.2) is 25.6 Å². The molecule has 0 aliphatic heterocycles. The number of halogens is 1. The Morgan fingerprint density at radius 3 is 2.58 bits per heavy atom. The second-order valence-electron chi connectivity index (χ2n) is 5.05. The van der Waals surface area contributed by atoms with Crippen molar-refractivity contribution in [3.8, 4) is 0 Å². The highest BCUT2D eigenvalue weighted by Gasteiger charge is 2.32. The van der Waals surface area contributed by atoms with Gasteiger partial charge < -0.3 is 10.6 Å². The highest BCUT2D eigenvalue weighted by molar-refractivity contribution is 14.0. The Morgan fingerprint density at radius 2 is 2.00 bits per heavy atom. The summed E-state index contributed by atoms with van der Waals surface area (Å²) in [6.45, 7) is 3.23. The minimum Gasteiger partial charge on any atom is -0.356 e. The normalized spacial score (nSPS) is 21.5. The van der Waals surface area contributed by atoms with Gasteiger partial charge in [-0.3, -0.25) is 4.99 Å². The van der Waals surface area contributed by atoms with Gasteiger partial charge in [-0.05, 0) is 30.7 Å².